The molecule has 2 N–H and O–H groups in total. The molecule has 1 unspecified atom stereocenters. The maximum absolute atomic E-state index is 5.88. The molecule has 0 aliphatic carbocycles. The molecule has 2 rings (SSSR count). The first-order chi connectivity index (χ1) is 9.70. The Hall–Kier alpha value is -1.04. The van der Waals surface area contributed by atoms with Gasteiger partial charge in [-0.05, 0) is 18.6 Å². The maximum Gasteiger partial charge on any atom is 0.0902 e. The van der Waals surface area contributed by atoms with Crippen molar-refractivity contribution in [2.45, 2.75) is 32.4 Å². The van der Waals surface area contributed by atoms with Crippen molar-refractivity contribution in [1.82, 2.24) is 14.8 Å². The first-order valence-electron chi connectivity index (χ1n) is 7.36. The highest BCUT2D eigenvalue weighted by atomic mass is 32.1. The predicted octanol–water partition coefficient (Wildman–Crippen LogP) is 1.65. The van der Waals surface area contributed by atoms with Gasteiger partial charge in [-0.25, -0.2) is 0 Å². The third kappa shape index (κ3) is 4.23. The summed E-state index contributed by atoms with van der Waals surface area (Å²) >= 11 is 5.21. The molecule has 1 aromatic heterocycles. The molecular weight excluding hydrogens is 268 g/mol. The summed E-state index contributed by atoms with van der Waals surface area (Å²) in [5.74, 6) is 0. The second kappa shape index (κ2) is 7.67. The Labute approximate surface area is 127 Å². The molecule has 1 aromatic rings. The number of rotatable bonds is 6. The third-order valence-electron chi connectivity index (χ3n) is 3.85. The van der Waals surface area contributed by atoms with E-state index in [4.69, 9.17) is 18.0 Å². The van der Waals surface area contributed by atoms with Gasteiger partial charge in [0.05, 0.1) is 16.7 Å². The van der Waals surface area contributed by atoms with Crippen LogP contribution in [0.25, 0.3) is 0 Å². The van der Waals surface area contributed by atoms with Gasteiger partial charge in [-0.2, -0.15) is 0 Å². The minimum Gasteiger partial charge on any atom is -0.392 e. The Kier molecular flexibility index (Phi) is 5.88. The van der Waals surface area contributed by atoms with Crippen molar-refractivity contribution in [2.75, 3.05) is 26.2 Å². The van der Waals surface area contributed by atoms with Crippen molar-refractivity contribution in [2.24, 2.45) is 5.73 Å². The number of hydrogen-bond acceptors (Lipinski definition) is 4. The second-order valence-corrected chi connectivity index (χ2v) is 5.81. The molecule has 4 nitrogen and oxygen atoms in total. The minimum absolute atomic E-state index is 0.270. The quantitative estimate of drug-likeness (QED) is 0.808. The topological polar surface area (TPSA) is 45.4 Å². The van der Waals surface area contributed by atoms with Gasteiger partial charge in [-0.1, -0.05) is 31.6 Å². The first kappa shape index (κ1) is 15.4. The van der Waals surface area contributed by atoms with Crippen LogP contribution in [0.1, 0.15) is 25.5 Å². The van der Waals surface area contributed by atoms with Crippen LogP contribution in [0, 0.1) is 0 Å². The van der Waals surface area contributed by atoms with Gasteiger partial charge in [-0.3, -0.25) is 14.8 Å². The van der Waals surface area contributed by atoms with Crippen LogP contribution in [0.4, 0.5) is 0 Å². The van der Waals surface area contributed by atoms with Crippen molar-refractivity contribution in [3.8, 4) is 0 Å². The summed E-state index contributed by atoms with van der Waals surface area (Å²) in [4.78, 5) is 9.91. The van der Waals surface area contributed by atoms with E-state index in [-0.39, 0.29) is 6.04 Å². The Bertz CT molecular complexity index is 415. The normalized spacial score (nSPS) is 18.9. The highest BCUT2D eigenvalue weighted by molar-refractivity contribution is 7.80. The number of piperazine rings is 1. The molecule has 1 saturated heterocycles. The standard InChI is InChI=1S/C15H24N4S/c1-2-5-14(15(16)20)19-10-8-18(9-11-19)12-13-6-3-4-7-17-13/h3-4,6-7,14H,2,5,8-12H2,1H3,(H2,16,20). The van der Waals surface area contributed by atoms with Gasteiger partial charge in [0, 0.05) is 38.9 Å². The molecule has 0 amide bonds. The molecule has 110 valence electrons. The number of aromatic nitrogens is 1. The Balaban J connectivity index is 1.84. The summed E-state index contributed by atoms with van der Waals surface area (Å²) in [6.45, 7) is 7.30. The minimum atomic E-state index is 0.270. The van der Waals surface area contributed by atoms with Crippen LogP contribution in [0.3, 0.4) is 0 Å². The SMILES string of the molecule is CCCC(C(N)=S)N1CCN(Cc2ccccn2)CC1. The van der Waals surface area contributed by atoms with E-state index < -0.39 is 0 Å². The zero-order valence-electron chi connectivity index (χ0n) is 12.2. The van der Waals surface area contributed by atoms with Gasteiger partial charge in [0.25, 0.3) is 0 Å². The number of nitrogens with two attached hydrogens (primary N) is 1. The van der Waals surface area contributed by atoms with E-state index in [1.165, 1.54) is 0 Å². The number of hydrogen-bond donors (Lipinski definition) is 1. The van der Waals surface area contributed by atoms with Crippen molar-refractivity contribution in [3.05, 3.63) is 30.1 Å². The van der Waals surface area contributed by atoms with Crippen LogP contribution < -0.4 is 5.73 Å². The number of nitrogens with zero attached hydrogens (tertiary/aromatic N) is 3. The molecule has 2 heterocycles. The van der Waals surface area contributed by atoms with Gasteiger partial charge in [-0.15, -0.1) is 0 Å². The Morgan fingerprint density at radius 3 is 2.65 bits per heavy atom. The molecule has 0 aromatic carbocycles. The summed E-state index contributed by atoms with van der Waals surface area (Å²) in [5.41, 5.74) is 7.02. The number of thiocarbonyl (C=S) groups is 1. The fourth-order valence-electron chi connectivity index (χ4n) is 2.73. The lowest BCUT2D eigenvalue weighted by atomic mass is 10.1. The molecule has 5 heteroatoms. The molecule has 1 fully saturated rings. The van der Waals surface area contributed by atoms with Crippen molar-refractivity contribution >= 4 is 17.2 Å². The second-order valence-electron chi connectivity index (χ2n) is 5.34. The van der Waals surface area contributed by atoms with Gasteiger partial charge in [0.15, 0.2) is 0 Å². The first-order valence-corrected chi connectivity index (χ1v) is 7.77. The largest absolute Gasteiger partial charge is 0.392 e. The Morgan fingerprint density at radius 1 is 1.35 bits per heavy atom. The van der Waals surface area contributed by atoms with Crippen LogP contribution in [-0.2, 0) is 6.54 Å². The third-order valence-corrected chi connectivity index (χ3v) is 4.12. The predicted molar refractivity (Wildman–Crippen MR) is 86.6 cm³/mol. The van der Waals surface area contributed by atoms with Crippen LogP contribution in [0.5, 0.6) is 0 Å². The molecule has 1 aliphatic rings. The lowest BCUT2D eigenvalue weighted by molar-refractivity contribution is 0.109. The van der Waals surface area contributed by atoms with Crippen LogP contribution in [-0.4, -0.2) is 52.0 Å². The van der Waals surface area contributed by atoms with Crippen molar-refractivity contribution < 1.29 is 0 Å². The van der Waals surface area contributed by atoms with Crippen molar-refractivity contribution in [3.63, 3.8) is 0 Å². The summed E-state index contributed by atoms with van der Waals surface area (Å²) < 4.78 is 0. The van der Waals surface area contributed by atoms with E-state index in [0.717, 1.165) is 51.3 Å². The van der Waals surface area contributed by atoms with E-state index in [9.17, 15) is 0 Å². The average molecular weight is 292 g/mol. The van der Waals surface area contributed by atoms with E-state index in [1.54, 1.807) is 0 Å². The number of pyridine rings is 1. The smallest absolute Gasteiger partial charge is 0.0902 e. The molecule has 0 spiro atoms. The summed E-state index contributed by atoms with van der Waals surface area (Å²) in [5, 5.41) is 0. The van der Waals surface area contributed by atoms with Gasteiger partial charge < -0.3 is 5.73 Å². The van der Waals surface area contributed by atoms with Crippen LogP contribution in [0.2, 0.25) is 0 Å². The van der Waals surface area contributed by atoms with E-state index in [1.807, 2.05) is 18.3 Å². The van der Waals surface area contributed by atoms with E-state index in [0.29, 0.717) is 4.99 Å². The summed E-state index contributed by atoms with van der Waals surface area (Å²) in [6, 6.07) is 6.36. The zero-order chi connectivity index (χ0) is 14.4. The van der Waals surface area contributed by atoms with Crippen LogP contribution in [0.15, 0.2) is 24.4 Å². The highest BCUT2D eigenvalue weighted by Gasteiger charge is 2.24. The average Bonchev–Trinajstić information content (AvgIpc) is 2.47. The van der Waals surface area contributed by atoms with E-state index >= 15 is 0 Å². The lowest BCUT2D eigenvalue weighted by Crippen LogP contribution is -2.53. The molecule has 0 saturated carbocycles. The molecule has 0 radical (unpaired) electrons. The fraction of sp³-hybridized carbons (Fsp3) is 0.600. The molecular formula is C15H24N4S. The molecule has 1 aliphatic heterocycles. The van der Waals surface area contributed by atoms with Gasteiger partial charge in [0.1, 0.15) is 0 Å². The lowest BCUT2D eigenvalue weighted by Gasteiger charge is -2.38. The summed E-state index contributed by atoms with van der Waals surface area (Å²) in [6.07, 6.45) is 4.04. The monoisotopic (exact) mass is 292 g/mol. The Morgan fingerprint density at radius 2 is 2.10 bits per heavy atom. The zero-order valence-corrected chi connectivity index (χ0v) is 13.0. The van der Waals surface area contributed by atoms with Crippen LogP contribution >= 0.6 is 12.2 Å². The molecule has 0 bridgehead atoms. The summed E-state index contributed by atoms with van der Waals surface area (Å²) in [7, 11) is 0. The molecule has 20 heavy (non-hydrogen) atoms. The van der Waals surface area contributed by atoms with Gasteiger partial charge in [0.2, 0.25) is 0 Å². The molecule has 1 atom stereocenters. The van der Waals surface area contributed by atoms with Crippen molar-refractivity contribution in [1.29, 1.82) is 0 Å². The van der Waals surface area contributed by atoms with Gasteiger partial charge >= 0.3 is 0 Å². The fourth-order valence-corrected chi connectivity index (χ4v) is 3.00. The highest BCUT2D eigenvalue weighted by Crippen LogP contribution is 2.13. The van der Waals surface area contributed by atoms with E-state index in [2.05, 4.69) is 27.8 Å². The maximum atomic E-state index is 5.88.